The van der Waals surface area contributed by atoms with Crippen LogP contribution in [0.5, 0.6) is 0 Å². The maximum absolute atomic E-state index is 5.17. The number of rotatable bonds is 4. The number of anilines is 1. The van der Waals surface area contributed by atoms with Crippen LogP contribution in [0.3, 0.4) is 0 Å². The molecule has 0 radical (unpaired) electrons. The van der Waals surface area contributed by atoms with Gasteiger partial charge in [-0.3, -0.25) is 4.98 Å². The molecule has 0 aliphatic carbocycles. The van der Waals surface area contributed by atoms with Crippen molar-refractivity contribution in [2.45, 2.75) is 13.5 Å². The lowest BCUT2D eigenvalue weighted by Crippen LogP contribution is -1.99. The summed E-state index contributed by atoms with van der Waals surface area (Å²) in [6, 6.07) is 8.10. The summed E-state index contributed by atoms with van der Waals surface area (Å²) in [5.74, 6) is 0.949. The first-order valence-electron chi connectivity index (χ1n) is 6.21. The molecule has 6 heteroatoms. The highest BCUT2D eigenvalue weighted by molar-refractivity contribution is 5.46. The molecule has 6 nitrogen and oxygen atoms in total. The van der Waals surface area contributed by atoms with Crippen LogP contribution in [0.4, 0.5) is 5.69 Å². The smallest absolute Gasteiger partial charge is 0.246 e. The molecule has 2 aromatic heterocycles. The van der Waals surface area contributed by atoms with Crippen LogP contribution in [-0.2, 0) is 6.54 Å². The van der Waals surface area contributed by atoms with Gasteiger partial charge in [0.25, 0.3) is 0 Å². The highest BCUT2D eigenvalue weighted by atomic mass is 16.5. The van der Waals surface area contributed by atoms with Gasteiger partial charge in [0, 0.05) is 18.1 Å². The number of nitrogens with one attached hydrogen (secondary N) is 1. The van der Waals surface area contributed by atoms with Crippen LogP contribution in [0.1, 0.15) is 11.5 Å². The van der Waals surface area contributed by atoms with E-state index in [0.717, 1.165) is 5.69 Å². The number of nitrogens with zero attached hydrogens (tertiary/aromatic N) is 4. The Labute approximate surface area is 115 Å². The van der Waals surface area contributed by atoms with Gasteiger partial charge in [-0.1, -0.05) is 22.9 Å². The summed E-state index contributed by atoms with van der Waals surface area (Å²) in [5.41, 5.74) is 2.82. The summed E-state index contributed by atoms with van der Waals surface area (Å²) in [4.78, 5) is 12.4. The lowest BCUT2D eigenvalue weighted by Gasteiger charge is -2.02. The van der Waals surface area contributed by atoms with Gasteiger partial charge in [-0.05, 0) is 19.1 Å². The number of hydrogen-bond acceptors (Lipinski definition) is 6. The lowest BCUT2D eigenvalue weighted by atomic mass is 10.2. The Bertz CT molecular complexity index is 678. The van der Waals surface area contributed by atoms with E-state index in [4.69, 9.17) is 4.52 Å². The topological polar surface area (TPSA) is 76.7 Å². The predicted molar refractivity (Wildman–Crippen MR) is 73.8 cm³/mol. The molecular weight excluding hydrogens is 254 g/mol. The minimum absolute atomic E-state index is 0.443. The Morgan fingerprint density at radius 2 is 2.00 bits per heavy atom. The number of aryl methyl sites for hydroxylation is 1. The zero-order valence-corrected chi connectivity index (χ0v) is 10.9. The molecule has 100 valence electrons. The zero-order valence-electron chi connectivity index (χ0n) is 10.9. The van der Waals surface area contributed by atoms with E-state index in [-0.39, 0.29) is 0 Å². The second-order valence-corrected chi connectivity index (χ2v) is 4.32. The molecule has 1 aromatic carbocycles. The average Bonchev–Trinajstić information content (AvgIpc) is 2.97. The first-order chi connectivity index (χ1) is 9.81. The molecule has 20 heavy (non-hydrogen) atoms. The predicted octanol–water partition coefficient (Wildman–Crippen LogP) is 2.45. The SMILES string of the molecule is Cc1ccc(NCc2nc(-c3cnccn3)no2)cc1. The van der Waals surface area contributed by atoms with Crippen molar-refractivity contribution in [2.24, 2.45) is 0 Å². The molecule has 0 saturated heterocycles. The molecule has 1 N–H and O–H groups in total. The van der Waals surface area contributed by atoms with Crippen LogP contribution >= 0.6 is 0 Å². The molecule has 0 saturated carbocycles. The van der Waals surface area contributed by atoms with E-state index in [1.807, 2.05) is 24.3 Å². The molecule has 0 atom stereocenters. The van der Waals surface area contributed by atoms with Crippen LogP contribution in [-0.4, -0.2) is 20.1 Å². The maximum Gasteiger partial charge on any atom is 0.246 e. The standard InChI is InChI=1S/C14H13N5O/c1-10-2-4-11(5-3-10)17-9-13-18-14(19-20-13)12-8-15-6-7-16-12/h2-8,17H,9H2,1H3. The zero-order chi connectivity index (χ0) is 13.8. The van der Waals surface area contributed by atoms with Crippen LogP contribution < -0.4 is 5.32 Å². The molecule has 0 aliphatic rings. The van der Waals surface area contributed by atoms with Crippen molar-refractivity contribution in [3.8, 4) is 11.5 Å². The maximum atomic E-state index is 5.17. The molecule has 0 amide bonds. The summed E-state index contributed by atoms with van der Waals surface area (Å²) >= 11 is 0. The average molecular weight is 267 g/mol. The molecule has 2 heterocycles. The van der Waals surface area contributed by atoms with Crippen LogP contribution in [0.25, 0.3) is 11.5 Å². The molecule has 0 aliphatic heterocycles. The number of benzene rings is 1. The van der Waals surface area contributed by atoms with Crippen LogP contribution in [0.2, 0.25) is 0 Å². The van der Waals surface area contributed by atoms with Crippen molar-refractivity contribution in [1.29, 1.82) is 0 Å². The molecule has 0 spiro atoms. The minimum atomic E-state index is 0.443. The quantitative estimate of drug-likeness (QED) is 0.782. The summed E-state index contributed by atoms with van der Waals surface area (Å²) in [6.45, 7) is 2.52. The Morgan fingerprint density at radius 1 is 1.15 bits per heavy atom. The third-order valence-corrected chi connectivity index (χ3v) is 2.76. The van der Waals surface area contributed by atoms with Gasteiger partial charge in [0.05, 0.1) is 12.7 Å². The Kier molecular flexibility index (Phi) is 3.36. The first-order valence-corrected chi connectivity index (χ1v) is 6.21. The summed E-state index contributed by atoms with van der Waals surface area (Å²) in [6.07, 6.45) is 4.79. The van der Waals surface area contributed by atoms with Gasteiger partial charge < -0.3 is 9.84 Å². The molecular formula is C14H13N5O. The van der Waals surface area contributed by atoms with Gasteiger partial charge in [-0.25, -0.2) is 4.98 Å². The van der Waals surface area contributed by atoms with Crippen molar-refractivity contribution >= 4 is 5.69 Å². The van der Waals surface area contributed by atoms with Gasteiger partial charge in [0.2, 0.25) is 11.7 Å². The summed E-state index contributed by atoms with van der Waals surface area (Å²) < 4.78 is 5.17. The Balaban J connectivity index is 1.67. The molecule has 3 aromatic rings. The second kappa shape index (κ2) is 5.48. The van der Waals surface area contributed by atoms with Crippen molar-refractivity contribution in [3.63, 3.8) is 0 Å². The largest absolute Gasteiger partial charge is 0.376 e. The Morgan fingerprint density at radius 3 is 2.75 bits per heavy atom. The van der Waals surface area contributed by atoms with Gasteiger partial charge in [0.1, 0.15) is 5.69 Å². The second-order valence-electron chi connectivity index (χ2n) is 4.32. The van der Waals surface area contributed by atoms with Crippen molar-refractivity contribution in [3.05, 3.63) is 54.3 Å². The van der Waals surface area contributed by atoms with E-state index in [1.54, 1.807) is 18.6 Å². The van der Waals surface area contributed by atoms with E-state index in [0.29, 0.717) is 24.0 Å². The van der Waals surface area contributed by atoms with E-state index >= 15 is 0 Å². The fourth-order valence-corrected chi connectivity index (χ4v) is 1.69. The minimum Gasteiger partial charge on any atom is -0.376 e. The number of hydrogen-bond donors (Lipinski definition) is 1. The molecule has 0 bridgehead atoms. The van der Waals surface area contributed by atoms with Crippen molar-refractivity contribution in [2.75, 3.05) is 5.32 Å². The summed E-state index contributed by atoms with van der Waals surface area (Å²) in [5, 5.41) is 7.10. The van der Waals surface area contributed by atoms with E-state index in [9.17, 15) is 0 Å². The summed E-state index contributed by atoms with van der Waals surface area (Å²) in [7, 11) is 0. The molecule has 3 rings (SSSR count). The monoisotopic (exact) mass is 267 g/mol. The third-order valence-electron chi connectivity index (χ3n) is 2.76. The van der Waals surface area contributed by atoms with E-state index in [1.165, 1.54) is 5.56 Å². The first kappa shape index (κ1) is 12.3. The van der Waals surface area contributed by atoms with Crippen molar-refractivity contribution < 1.29 is 4.52 Å². The number of aromatic nitrogens is 4. The fourth-order valence-electron chi connectivity index (χ4n) is 1.69. The highest BCUT2D eigenvalue weighted by Crippen LogP contribution is 2.13. The van der Waals surface area contributed by atoms with Crippen LogP contribution in [0.15, 0.2) is 47.4 Å². The van der Waals surface area contributed by atoms with Crippen molar-refractivity contribution in [1.82, 2.24) is 20.1 Å². The normalized spacial score (nSPS) is 10.4. The van der Waals surface area contributed by atoms with Gasteiger partial charge in [-0.15, -0.1) is 0 Å². The fraction of sp³-hybridized carbons (Fsp3) is 0.143. The van der Waals surface area contributed by atoms with Gasteiger partial charge in [0.15, 0.2) is 0 Å². The molecule has 0 unspecified atom stereocenters. The van der Waals surface area contributed by atoms with Gasteiger partial charge in [-0.2, -0.15) is 4.98 Å². The van der Waals surface area contributed by atoms with Gasteiger partial charge >= 0.3 is 0 Å². The van der Waals surface area contributed by atoms with Crippen LogP contribution in [0, 0.1) is 6.92 Å². The highest BCUT2D eigenvalue weighted by Gasteiger charge is 2.09. The third kappa shape index (κ3) is 2.80. The Hall–Kier alpha value is -2.76. The lowest BCUT2D eigenvalue weighted by molar-refractivity contribution is 0.384. The van der Waals surface area contributed by atoms with E-state index < -0.39 is 0 Å². The molecule has 0 fully saturated rings. The van der Waals surface area contributed by atoms with E-state index in [2.05, 4.69) is 32.3 Å².